The lowest BCUT2D eigenvalue weighted by Gasteiger charge is -2.27. The molecule has 1 aromatic rings. The van der Waals surface area contributed by atoms with Crippen LogP contribution >= 0.6 is 24.8 Å². The summed E-state index contributed by atoms with van der Waals surface area (Å²) in [6.45, 7) is 7.08. The molecule has 0 radical (unpaired) electrons. The van der Waals surface area contributed by atoms with Gasteiger partial charge in [-0.25, -0.2) is 0 Å². The third-order valence-electron chi connectivity index (χ3n) is 5.99. The summed E-state index contributed by atoms with van der Waals surface area (Å²) in [6.07, 6.45) is 5.23. The monoisotopic (exact) mass is 415 g/mol. The number of carbonyl (C=O) groups excluding carboxylic acids is 1. The molecule has 2 N–H and O–H groups in total. The first-order valence-electron chi connectivity index (χ1n) is 9.95. The van der Waals surface area contributed by atoms with Gasteiger partial charge >= 0.3 is 0 Å². The van der Waals surface area contributed by atoms with Crippen LogP contribution in [0.3, 0.4) is 0 Å². The molecule has 1 unspecified atom stereocenters. The Kier molecular flexibility index (Phi) is 10.7. The van der Waals surface area contributed by atoms with Gasteiger partial charge in [-0.3, -0.25) is 9.69 Å². The van der Waals surface area contributed by atoms with Gasteiger partial charge in [-0.2, -0.15) is 0 Å². The summed E-state index contributed by atoms with van der Waals surface area (Å²) < 4.78 is 0. The van der Waals surface area contributed by atoms with Crippen LogP contribution in [0.15, 0.2) is 30.3 Å². The minimum Gasteiger partial charge on any atom is -0.343 e. The minimum absolute atomic E-state index is 0. The first kappa shape index (κ1) is 24.2. The molecular weight excluding hydrogens is 381 g/mol. The molecule has 1 aliphatic carbocycles. The van der Waals surface area contributed by atoms with Gasteiger partial charge in [-0.15, -0.1) is 24.8 Å². The number of halogens is 2. The zero-order valence-electron chi connectivity index (χ0n) is 16.4. The molecule has 2 aliphatic rings. The second kappa shape index (κ2) is 11.9. The lowest BCUT2D eigenvalue weighted by Crippen LogP contribution is -2.38. The van der Waals surface area contributed by atoms with E-state index in [0.29, 0.717) is 24.2 Å². The molecule has 0 aromatic heterocycles. The van der Waals surface area contributed by atoms with Crippen molar-refractivity contribution in [1.82, 2.24) is 9.80 Å². The topological polar surface area (TPSA) is 49.6 Å². The standard InChI is InChI=1S/C21H33N3O.2ClH/c1-2-24(21(25)13-19-9-6-10-20(19)22)16-18-11-12-23(15-18)14-17-7-4-3-5-8-17;;/h3-5,7-8,18-20H,2,6,9-16,22H2,1H3;2*1H/t18?,19-,20+;;/m0../s1. The second-order valence-electron chi connectivity index (χ2n) is 7.87. The van der Waals surface area contributed by atoms with Gasteiger partial charge in [0.15, 0.2) is 0 Å². The predicted molar refractivity (Wildman–Crippen MR) is 117 cm³/mol. The molecular formula is C21H35Cl2N3O. The Hall–Kier alpha value is -0.810. The molecule has 27 heavy (non-hydrogen) atoms. The van der Waals surface area contributed by atoms with E-state index in [2.05, 4.69) is 47.1 Å². The van der Waals surface area contributed by atoms with Gasteiger partial charge in [0.1, 0.15) is 0 Å². The van der Waals surface area contributed by atoms with Crippen molar-refractivity contribution >= 4 is 30.7 Å². The average Bonchev–Trinajstić information content (AvgIpc) is 3.23. The summed E-state index contributed by atoms with van der Waals surface area (Å²) >= 11 is 0. The first-order valence-corrected chi connectivity index (χ1v) is 9.95. The molecule has 3 atom stereocenters. The zero-order valence-corrected chi connectivity index (χ0v) is 18.0. The smallest absolute Gasteiger partial charge is 0.222 e. The largest absolute Gasteiger partial charge is 0.343 e. The molecule has 3 rings (SSSR count). The maximum atomic E-state index is 12.7. The lowest BCUT2D eigenvalue weighted by molar-refractivity contribution is -0.132. The van der Waals surface area contributed by atoms with Gasteiger partial charge in [0.2, 0.25) is 5.91 Å². The Morgan fingerprint density at radius 2 is 1.93 bits per heavy atom. The van der Waals surface area contributed by atoms with E-state index in [1.165, 1.54) is 18.4 Å². The molecule has 2 fully saturated rings. The van der Waals surface area contributed by atoms with E-state index in [1.807, 2.05) is 0 Å². The summed E-state index contributed by atoms with van der Waals surface area (Å²) in [4.78, 5) is 17.3. The number of amides is 1. The number of carbonyl (C=O) groups is 1. The summed E-state index contributed by atoms with van der Waals surface area (Å²) in [5.41, 5.74) is 7.52. The Labute approximate surface area is 176 Å². The van der Waals surface area contributed by atoms with E-state index in [9.17, 15) is 4.79 Å². The fourth-order valence-corrected chi connectivity index (χ4v) is 4.44. The third kappa shape index (κ3) is 6.94. The number of benzene rings is 1. The van der Waals surface area contributed by atoms with Crippen molar-refractivity contribution in [2.45, 2.75) is 51.6 Å². The molecule has 6 heteroatoms. The fourth-order valence-electron chi connectivity index (χ4n) is 4.44. The molecule has 1 saturated carbocycles. The highest BCUT2D eigenvalue weighted by Gasteiger charge is 2.30. The van der Waals surface area contributed by atoms with Crippen LogP contribution in [0.25, 0.3) is 0 Å². The summed E-state index contributed by atoms with van der Waals surface area (Å²) in [5, 5.41) is 0. The number of likely N-dealkylation sites (tertiary alicyclic amines) is 1. The van der Waals surface area contributed by atoms with Crippen molar-refractivity contribution < 1.29 is 4.79 Å². The van der Waals surface area contributed by atoms with Gasteiger partial charge in [-0.1, -0.05) is 36.8 Å². The van der Waals surface area contributed by atoms with Gasteiger partial charge in [0.25, 0.3) is 0 Å². The SMILES string of the molecule is CCN(CC1CCN(Cc2ccccc2)C1)C(=O)C[C@@H]1CCC[C@H]1N.Cl.Cl. The third-order valence-corrected chi connectivity index (χ3v) is 5.99. The Morgan fingerprint density at radius 1 is 1.19 bits per heavy atom. The Bertz CT molecular complexity index is 558. The molecule has 0 bridgehead atoms. The van der Waals surface area contributed by atoms with Gasteiger partial charge < -0.3 is 10.6 Å². The predicted octanol–water partition coefficient (Wildman–Crippen LogP) is 3.72. The highest BCUT2D eigenvalue weighted by molar-refractivity contribution is 5.85. The van der Waals surface area contributed by atoms with Crippen molar-refractivity contribution in [3.05, 3.63) is 35.9 Å². The van der Waals surface area contributed by atoms with Gasteiger partial charge in [-0.05, 0) is 50.1 Å². The second-order valence-corrected chi connectivity index (χ2v) is 7.87. The van der Waals surface area contributed by atoms with Crippen LogP contribution < -0.4 is 5.73 Å². The van der Waals surface area contributed by atoms with Crippen LogP contribution in [0.4, 0.5) is 0 Å². The molecule has 154 valence electrons. The van der Waals surface area contributed by atoms with Crippen LogP contribution in [-0.2, 0) is 11.3 Å². The summed E-state index contributed by atoms with van der Waals surface area (Å²) in [5.74, 6) is 1.32. The fraction of sp³-hybridized carbons (Fsp3) is 0.667. The van der Waals surface area contributed by atoms with Crippen LogP contribution in [-0.4, -0.2) is 47.9 Å². The van der Waals surface area contributed by atoms with Gasteiger partial charge in [0, 0.05) is 38.6 Å². The van der Waals surface area contributed by atoms with Crippen LogP contribution in [0.5, 0.6) is 0 Å². The number of nitrogens with two attached hydrogens (primary N) is 1. The maximum Gasteiger partial charge on any atom is 0.222 e. The number of rotatable bonds is 7. The molecule has 4 nitrogen and oxygen atoms in total. The van der Waals surface area contributed by atoms with Crippen molar-refractivity contribution in [1.29, 1.82) is 0 Å². The van der Waals surface area contributed by atoms with E-state index >= 15 is 0 Å². The van der Waals surface area contributed by atoms with E-state index < -0.39 is 0 Å². The molecule has 1 aliphatic heterocycles. The Balaban J connectivity index is 0.00000182. The van der Waals surface area contributed by atoms with E-state index in [-0.39, 0.29) is 30.9 Å². The highest BCUT2D eigenvalue weighted by Crippen LogP contribution is 2.28. The molecule has 1 aromatic carbocycles. The van der Waals surface area contributed by atoms with Crippen LogP contribution in [0, 0.1) is 11.8 Å². The number of hydrogen-bond donors (Lipinski definition) is 1. The van der Waals surface area contributed by atoms with E-state index in [0.717, 1.165) is 45.6 Å². The molecule has 1 amide bonds. The Morgan fingerprint density at radius 3 is 2.56 bits per heavy atom. The minimum atomic E-state index is 0. The normalized spacial score (nSPS) is 24.9. The highest BCUT2D eigenvalue weighted by atomic mass is 35.5. The number of nitrogens with zero attached hydrogens (tertiary/aromatic N) is 2. The zero-order chi connectivity index (χ0) is 17.6. The molecule has 0 spiro atoms. The lowest BCUT2D eigenvalue weighted by atomic mass is 9.99. The first-order chi connectivity index (χ1) is 12.2. The maximum absolute atomic E-state index is 12.7. The van der Waals surface area contributed by atoms with E-state index in [1.54, 1.807) is 0 Å². The molecule has 1 saturated heterocycles. The summed E-state index contributed by atoms with van der Waals surface area (Å²) in [7, 11) is 0. The van der Waals surface area contributed by atoms with Crippen molar-refractivity contribution in [2.75, 3.05) is 26.2 Å². The van der Waals surface area contributed by atoms with Crippen molar-refractivity contribution in [3.63, 3.8) is 0 Å². The molecule has 1 heterocycles. The summed E-state index contributed by atoms with van der Waals surface area (Å²) in [6, 6.07) is 10.9. The van der Waals surface area contributed by atoms with Crippen molar-refractivity contribution in [2.24, 2.45) is 17.6 Å². The van der Waals surface area contributed by atoms with Crippen LogP contribution in [0.1, 0.15) is 44.6 Å². The van der Waals surface area contributed by atoms with Crippen molar-refractivity contribution in [3.8, 4) is 0 Å². The quantitative estimate of drug-likeness (QED) is 0.737. The van der Waals surface area contributed by atoms with Gasteiger partial charge in [0.05, 0.1) is 0 Å². The number of hydrogen-bond acceptors (Lipinski definition) is 3. The van der Waals surface area contributed by atoms with Crippen LogP contribution in [0.2, 0.25) is 0 Å². The average molecular weight is 416 g/mol. The van der Waals surface area contributed by atoms with E-state index in [4.69, 9.17) is 5.73 Å².